The first kappa shape index (κ1) is 20.6. The number of ether oxygens (including phenoxy) is 1. The Morgan fingerprint density at radius 2 is 1.77 bits per heavy atom. The van der Waals surface area contributed by atoms with E-state index >= 15 is 0 Å². The summed E-state index contributed by atoms with van der Waals surface area (Å²) in [7, 11) is 1.33. The number of carbonyl (C=O) groups excluding carboxylic acids is 2. The maximum absolute atomic E-state index is 13.4. The second-order valence-electron chi connectivity index (χ2n) is 7.04. The summed E-state index contributed by atoms with van der Waals surface area (Å²) in [6, 6.07) is 21.7. The molecule has 0 atom stereocenters. The Morgan fingerprint density at radius 3 is 2.45 bits per heavy atom. The van der Waals surface area contributed by atoms with E-state index in [4.69, 9.17) is 16.3 Å². The van der Waals surface area contributed by atoms with Gasteiger partial charge in [0.2, 0.25) is 0 Å². The van der Waals surface area contributed by atoms with Crippen molar-refractivity contribution in [2.45, 2.75) is 6.92 Å². The number of rotatable bonds is 4. The van der Waals surface area contributed by atoms with E-state index in [2.05, 4.69) is 4.99 Å². The molecule has 3 aromatic rings. The number of nitrogens with zero attached hydrogens (tertiary/aromatic N) is 2. The van der Waals surface area contributed by atoms with Gasteiger partial charge in [0.15, 0.2) is 0 Å². The van der Waals surface area contributed by atoms with Crippen LogP contribution in [0, 0.1) is 6.92 Å². The van der Waals surface area contributed by atoms with Gasteiger partial charge in [-0.2, -0.15) is 0 Å². The zero-order chi connectivity index (χ0) is 22.0. The Balaban J connectivity index is 1.79. The highest BCUT2D eigenvalue weighted by molar-refractivity contribution is 6.39. The fraction of sp³-hybridized carbons (Fsp3) is 0.0800. The molecule has 0 radical (unpaired) electrons. The highest BCUT2D eigenvalue weighted by atomic mass is 35.5. The van der Waals surface area contributed by atoms with Crippen molar-refractivity contribution in [2.75, 3.05) is 12.0 Å². The summed E-state index contributed by atoms with van der Waals surface area (Å²) in [5, 5.41) is 0.510. The van der Waals surface area contributed by atoms with Crippen LogP contribution in [0.2, 0.25) is 5.02 Å². The highest BCUT2D eigenvalue weighted by Crippen LogP contribution is 2.30. The molecule has 6 heteroatoms. The molecule has 5 nitrogen and oxygen atoms in total. The molecule has 31 heavy (non-hydrogen) atoms. The molecule has 4 rings (SSSR count). The normalized spacial score (nSPS) is 14.7. The Kier molecular flexibility index (Phi) is 5.69. The summed E-state index contributed by atoms with van der Waals surface area (Å²) < 4.78 is 4.72. The van der Waals surface area contributed by atoms with Gasteiger partial charge in [-0.3, -0.25) is 9.69 Å². The minimum atomic E-state index is -0.416. The molecule has 0 bridgehead atoms. The van der Waals surface area contributed by atoms with E-state index in [1.165, 1.54) is 7.11 Å². The number of amides is 1. The molecule has 0 N–H and O–H groups in total. The van der Waals surface area contributed by atoms with Crippen LogP contribution in [-0.2, 0) is 9.53 Å². The molecule has 0 aromatic heterocycles. The Morgan fingerprint density at radius 1 is 1.03 bits per heavy atom. The minimum Gasteiger partial charge on any atom is -0.465 e. The van der Waals surface area contributed by atoms with Crippen LogP contribution < -0.4 is 4.90 Å². The second kappa shape index (κ2) is 8.58. The molecular formula is C25H19ClN2O3. The Labute approximate surface area is 185 Å². The van der Waals surface area contributed by atoms with Crippen molar-refractivity contribution >= 4 is 41.1 Å². The molecule has 1 heterocycles. The molecule has 0 spiro atoms. The number of anilines is 1. The summed E-state index contributed by atoms with van der Waals surface area (Å²) in [4.78, 5) is 31.2. The van der Waals surface area contributed by atoms with Crippen molar-refractivity contribution in [1.29, 1.82) is 0 Å². The van der Waals surface area contributed by atoms with Gasteiger partial charge in [-0.25, -0.2) is 9.79 Å². The van der Waals surface area contributed by atoms with Crippen LogP contribution in [0.1, 0.15) is 27.0 Å². The van der Waals surface area contributed by atoms with Gasteiger partial charge in [0.1, 0.15) is 11.5 Å². The van der Waals surface area contributed by atoms with Gasteiger partial charge in [-0.15, -0.1) is 0 Å². The number of methoxy groups -OCH3 is 1. The van der Waals surface area contributed by atoms with Gasteiger partial charge in [0, 0.05) is 5.56 Å². The van der Waals surface area contributed by atoms with Crippen molar-refractivity contribution in [3.63, 3.8) is 0 Å². The number of aliphatic imine (C=N–C) groups is 1. The van der Waals surface area contributed by atoms with E-state index in [1.807, 2.05) is 49.4 Å². The molecule has 0 aliphatic carbocycles. The van der Waals surface area contributed by atoms with Crippen LogP contribution in [0.3, 0.4) is 0 Å². The summed E-state index contributed by atoms with van der Waals surface area (Å²) in [5.41, 5.74) is 3.87. The monoisotopic (exact) mass is 430 g/mol. The SMILES string of the molecule is COC(=O)c1ccc(/C=C2/N=C(c3ccccc3Cl)N(c3cccc(C)c3)C2=O)cc1. The smallest absolute Gasteiger partial charge is 0.337 e. The number of amidine groups is 1. The maximum atomic E-state index is 13.4. The van der Waals surface area contributed by atoms with Crippen molar-refractivity contribution in [2.24, 2.45) is 4.99 Å². The van der Waals surface area contributed by atoms with Crippen LogP contribution in [0.15, 0.2) is 83.5 Å². The van der Waals surface area contributed by atoms with Crippen LogP contribution in [0.4, 0.5) is 5.69 Å². The largest absolute Gasteiger partial charge is 0.465 e. The van der Waals surface area contributed by atoms with Gasteiger partial charge >= 0.3 is 5.97 Å². The van der Waals surface area contributed by atoms with Crippen LogP contribution in [-0.4, -0.2) is 24.8 Å². The maximum Gasteiger partial charge on any atom is 0.337 e. The predicted octanol–water partition coefficient (Wildman–Crippen LogP) is 5.27. The van der Waals surface area contributed by atoms with E-state index in [1.54, 1.807) is 41.3 Å². The topological polar surface area (TPSA) is 59.0 Å². The standard InChI is InChI=1S/C25H19ClN2O3/c1-16-6-5-7-19(14-16)28-23(20-8-3-4-9-21(20)26)27-22(24(28)29)15-17-10-12-18(13-11-17)25(30)31-2/h3-15H,1-2H3/b22-15+. The third-order valence-electron chi connectivity index (χ3n) is 4.87. The Hall–Kier alpha value is -3.70. The average molecular weight is 431 g/mol. The number of benzene rings is 3. The number of hydrogen-bond donors (Lipinski definition) is 0. The lowest BCUT2D eigenvalue weighted by Gasteiger charge is -2.19. The molecule has 0 unspecified atom stereocenters. The summed E-state index contributed by atoms with van der Waals surface area (Å²) in [6.45, 7) is 1.97. The van der Waals surface area contributed by atoms with Gasteiger partial charge in [-0.05, 0) is 60.5 Å². The number of halogens is 1. The number of carbonyl (C=O) groups is 2. The molecule has 1 aliphatic heterocycles. The zero-order valence-corrected chi connectivity index (χ0v) is 17.8. The van der Waals surface area contributed by atoms with Crippen LogP contribution >= 0.6 is 11.6 Å². The van der Waals surface area contributed by atoms with Gasteiger partial charge in [0.05, 0.1) is 23.4 Å². The van der Waals surface area contributed by atoms with Crippen molar-refractivity contribution in [3.8, 4) is 0 Å². The Bertz CT molecular complexity index is 1230. The summed E-state index contributed by atoms with van der Waals surface area (Å²) >= 11 is 6.42. The third kappa shape index (κ3) is 4.13. The van der Waals surface area contributed by atoms with Crippen molar-refractivity contribution < 1.29 is 14.3 Å². The molecule has 0 saturated carbocycles. The van der Waals surface area contributed by atoms with Gasteiger partial charge < -0.3 is 4.74 Å². The van der Waals surface area contributed by atoms with E-state index in [0.717, 1.165) is 11.1 Å². The van der Waals surface area contributed by atoms with E-state index in [-0.39, 0.29) is 11.6 Å². The van der Waals surface area contributed by atoms with E-state index in [0.29, 0.717) is 27.7 Å². The molecule has 154 valence electrons. The lowest BCUT2D eigenvalue weighted by Crippen LogP contribution is -2.32. The molecule has 1 aliphatic rings. The second-order valence-corrected chi connectivity index (χ2v) is 7.45. The van der Waals surface area contributed by atoms with Crippen LogP contribution in [0.25, 0.3) is 6.08 Å². The molecule has 0 saturated heterocycles. The molecule has 1 amide bonds. The summed E-state index contributed by atoms with van der Waals surface area (Å²) in [5.74, 6) is -0.197. The number of aryl methyl sites for hydroxylation is 1. The van der Waals surface area contributed by atoms with Crippen molar-refractivity contribution in [1.82, 2.24) is 0 Å². The number of esters is 1. The summed E-state index contributed by atoms with van der Waals surface area (Å²) in [6.07, 6.45) is 1.69. The lowest BCUT2D eigenvalue weighted by atomic mass is 10.1. The lowest BCUT2D eigenvalue weighted by molar-refractivity contribution is -0.113. The molecular weight excluding hydrogens is 412 g/mol. The first-order valence-corrected chi connectivity index (χ1v) is 10.0. The molecule has 3 aromatic carbocycles. The van der Waals surface area contributed by atoms with Gasteiger partial charge in [0.25, 0.3) is 5.91 Å². The average Bonchev–Trinajstić information content (AvgIpc) is 3.09. The van der Waals surface area contributed by atoms with E-state index in [9.17, 15) is 9.59 Å². The van der Waals surface area contributed by atoms with Crippen molar-refractivity contribution in [3.05, 3.63) is 106 Å². The zero-order valence-electron chi connectivity index (χ0n) is 17.0. The third-order valence-corrected chi connectivity index (χ3v) is 5.20. The predicted molar refractivity (Wildman–Crippen MR) is 122 cm³/mol. The molecule has 0 fully saturated rings. The fourth-order valence-corrected chi connectivity index (χ4v) is 3.56. The highest BCUT2D eigenvalue weighted by Gasteiger charge is 2.33. The first-order chi connectivity index (χ1) is 15.0. The first-order valence-electron chi connectivity index (χ1n) is 9.63. The quantitative estimate of drug-likeness (QED) is 0.418. The van der Waals surface area contributed by atoms with Crippen LogP contribution in [0.5, 0.6) is 0 Å². The van der Waals surface area contributed by atoms with E-state index < -0.39 is 5.97 Å². The number of hydrogen-bond acceptors (Lipinski definition) is 4. The fourth-order valence-electron chi connectivity index (χ4n) is 3.34. The van der Waals surface area contributed by atoms with Gasteiger partial charge in [-0.1, -0.05) is 48.0 Å². The minimum absolute atomic E-state index is 0.252.